The predicted octanol–water partition coefficient (Wildman–Crippen LogP) is 9.14. The molecule has 2 aliphatic rings. The van der Waals surface area contributed by atoms with Gasteiger partial charge in [0.15, 0.2) is 17.6 Å². The highest BCUT2D eigenvalue weighted by Gasteiger charge is 2.38. The molecule has 306 valence electrons. The van der Waals surface area contributed by atoms with Crippen LogP contribution in [0.3, 0.4) is 0 Å². The fourth-order valence-electron chi connectivity index (χ4n) is 7.37. The van der Waals surface area contributed by atoms with Crippen molar-refractivity contribution in [3.8, 4) is 34.4 Å². The van der Waals surface area contributed by atoms with Crippen LogP contribution >= 0.6 is 23.2 Å². The standard InChI is InChI=1S/C48H36Cl2FN3O7/c49-39-18-5-30(19-40(39)50)26-59-38-16-12-33(13-17-38)45-27-60-43-22-35-21-42(54(25-36(35)23-44(43)61-45)47(56)34-10-14-37(51)15-11-34)46(55)53-41(48(57)58)20-28-1-6-31(7-2-28)32-8-3-29(24-52)4-9-32/h1-19,22-23,41-42,45H,20-21,25-27H2,(H,53,55)(H,57,58)/t41-,42?,45+/m0/s1. The third-order valence-electron chi connectivity index (χ3n) is 10.7. The Bertz CT molecular complexity index is 2650. The molecule has 0 spiro atoms. The van der Waals surface area contributed by atoms with Crippen LogP contribution in [0.5, 0.6) is 17.2 Å². The zero-order valence-corrected chi connectivity index (χ0v) is 33.8. The summed E-state index contributed by atoms with van der Waals surface area (Å²) < 4.78 is 32.4. The highest BCUT2D eigenvalue weighted by molar-refractivity contribution is 6.42. The van der Waals surface area contributed by atoms with E-state index in [1.54, 1.807) is 48.5 Å². The number of carbonyl (C=O) groups excluding carboxylic acids is 2. The van der Waals surface area contributed by atoms with E-state index in [-0.39, 0.29) is 31.6 Å². The molecule has 61 heavy (non-hydrogen) atoms. The Morgan fingerprint density at radius 2 is 1.51 bits per heavy atom. The highest BCUT2D eigenvalue weighted by Crippen LogP contribution is 2.41. The van der Waals surface area contributed by atoms with Crippen LogP contribution < -0.4 is 19.5 Å². The normalized spacial score (nSPS) is 15.8. The van der Waals surface area contributed by atoms with Crippen LogP contribution in [-0.2, 0) is 35.6 Å². The minimum atomic E-state index is -1.31. The number of benzene rings is 6. The summed E-state index contributed by atoms with van der Waals surface area (Å²) in [5, 5.41) is 22.9. The lowest BCUT2D eigenvalue weighted by Gasteiger charge is -2.37. The van der Waals surface area contributed by atoms with Crippen LogP contribution in [0.15, 0.2) is 127 Å². The van der Waals surface area contributed by atoms with Crippen LogP contribution in [0.1, 0.15) is 49.8 Å². The maximum absolute atomic E-state index is 14.1. The van der Waals surface area contributed by atoms with E-state index in [0.29, 0.717) is 50.6 Å². The summed E-state index contributed by atoms with van der Waals surface area (Å²) in [6, 6.07) is 35.5. The Morgan fingerprint density at radius 1 is 0.836 bits per heavy atom. The number of nitrogens with zero attached hydrogens (tertiary/aromatic N) is 2. The molecular weight excluding hydrogens is 820 g/mol. The van der Waals surface area contributed by atoms with E-state index >= 15 is 0 Å². The molecule has 2 heterocycles. The highest BCUT2D eigenvalue weighted by atomic mass is 35.5. The van der Waals surface area contributed by atoms with Crippen molar-refractivity contribution in [1.82, 2.24) is 10.2 Å². The molecule has 8 rings (SSSR count). The quantitative estimate of drug-likeness (QED) is 0.132. The van der Waals surface area contributed by atoms with E-state index < -0.39 is 41.8 Å². The topological polar surface area (TPSA) is 138 Å². The second-order valence-corrected chi connectivity index (χ2v) is 15.6. The van der Waals surface area contributed by atoms with E-state index in [4.69, 9.17) is 42.7 Å². The third-order valence-corrected chi connectivity index (χ3v) is 11.4. The predicted molar refractivity (Wildman–Crippen MR) is 226 cm³/mol. The van der Waals surface area contributed by atoms with Gasteiger partial charge in [0.1, 0.15) is 36.9 Å². The molecule has 3 atom stereocenters. The second-order valence-electron chi connectivity index (χ2n) is 14.7. The number of ether oxygens (including phenoxy) is 3. The smallest absolute Gasteiger partial charge is 0.326 e. The zero-order valence-electron chi connectivity index (χ0n) is 32.3. The minimum Gasteiger partial charge on any atom is -0.489 e. The summed E-state index contributed by atoms with van der Waals surface area (Å²) in [6.07, 6.45) is -0.407. The largest absolute Gasteiger partial charge is 0.489 e. The fraction of sp³-hybridized carbons (Fsp3) is 0.167. The van der Waals surface area contributed by atoms with Crippen molar-refractivity contribution >= 4 is 41.0 Å². The molecule has 13 heteroatoms. The number of aliphatic carboxylic acids is 1. The number of carboxylic acids is 1. The monoisotopic (exact) mass is 855 g/mol. The summed E-state index contributed by atoms with van der Waals surface area (Å²) >= 11 is 12.2. The molecule has 0 bridgehead atoms. The molecule has 0 aromatic heterocycles. The van der Waals surface area contributed by atoms with Gasteiger partial charge in [0.05, 0.1) is 21.7 Å². The maximum Gasteiger partial charge on any atom is 0.326 e. The summed E-state index contributed by atoms with van der Waals surface area (Å²) in [7, 11) is 0. The minimum absolute atomic E-state index is 0.00957. The van der Waals surface area contributed by atoms with Crippen LogP contribution in [0.2, 0.25) is 10.0 Å². The first-order chi connectivity index (χ1) is 29.5. The van der Waals surface area contributed by atoms with Crippen LogP contribution in [0.25, 0.3) is 11.1 Å². The van der Waals surface area contributed by atoms with Gasteiger partial charge < -0.3 is 29.5 Å². The fourth-order valence-corrected chi connectivity index (χ4v) is 7.69. The molecule has 6 aromatic carbocycles. The first-order valence-corrected chi connectivity index (χ1v) is 20.1. The van der Waals surface area contributed by atoms with Gasteiger partial charge in [-0.15, -0.1) is 0 Å². The van der Waals surface area contributed by atoms with Crippen molar-refractivity contribution in [2.75, 3.05) is 6.61 Å². The van der Waals surface area contributed by atoms with E-state index in [1.165, 1.54) is 29.2 Å². The molecule has 0 saturated heterocycles. The van der Waals surface area contributed by atoms with E-state index in [2.05, 4.69) is 11.4 Å². The number of halogens is 3. The molecule has 0 saturated carbocycles. The molecule has 10 nitrogen and oxygen atoms in total. The summed E-state index contributed by atoms with van der Waals surface area (Å²) in [5.74, 6) is -1.35. The number of carboxylic acid groups (broad SMARTS) is 1. The summed E-state index contributed by atoms with van der Waals surface area (Å²) in [6.45, 7) is 0.506. The SMILES string of the molecule is N#Cc1ccc(-c2ccc(C[C@H](NC(=O)C3Cc4cc5c(cc4CN3C(=O)c3ccc(F)cc3)O[C@@H](c3ccc(OCc4ccc(Cl)c(Cl)c4)cc3)CO5)C(=O)O)cc2)cc1. The number of nitrogens with one attached hydrogen (secondary N) is 1. The number of hydrogen-bond acceptors (Lipinski definition) is 7. The number of carbonyl (C=O) groups is 3. The average Bonchev–Trinajstić information content (AvgIpc) is 3.28. The molecule has 2 aliphatic heterocycles. The third kappa shape index (κ3) is 9.31. The zero-order chi connectivity index (χ0) is 42.6. The van der Waals surface area contributed by atoms with Gasteiger partial charge in [-0.25, -0.2) is 9.18 Å². The van der Waals surface area contributed by atoms with Gasteiger partial charge in [0.25, 0.3) is 5.91 Å². The van der Waals surface area contributed by atoms with Gasteiger partial charge in [-0.2, -0.15) is 5.26 Å². The van der Waals surface area contributed by atoms with Crippen LogP contribution in [0.4, 0.5) is 4.39 Å². The molecule has 0 aliphatic carbocycles. The molecule has 2 amide bonds. The molecule has 1 unspecified atom stereocenters. The number of hydrogen-bond donors (Lipinski definition) is 2. The Hall–Kier alpha value is -6.87. The van der Waals surface area contributed by atoms with Gasteiger partial charge >= 0.3 is 5.97 Å². The summed E-state index contributed by atoms with van der Waals surface area (Å²) in [5.41, 5.74) is 6.32. The van der Waals surface area contributed by atoms with Crippen molar-refractivity contribution < 1.29 is 38.1 Å². The Morgan fingerprint density at radius 3 is 2.18 bits per heavy atom. The van der Waals surface area contributed by atoms with Crippen LogP contribution in [0, 0.1) is 17.1 Å². The van der Waals surface area contributed by atoms with E-state index in [1.807, 2.05) is 54.6 Å². The van der Waals surface area contributed by atoms with Crippen molar-refractivity contribution in [2.45, 2.75) is 44.2 Å². The average molecular weight is 857 g/mol. The first-order valence-electron chi connectivity index (χ1n) is 19.3. The second kappa shape index (κ2) is 17.8. The Balaban J connectivity index is 0.983. The maximum atomic E-state index is 14.1. The van der Waals surface area contributed by atoms with Gasteiger partial charge in [0, 0.05) is 24.9 Å². The molecule has 6 aromatic rings. The van der Waals surface area contributed by atoms with Gasteiger partial charge in [0.2, 0.25) is 5.91 Å². The number of nitriles is 1. The Labute approximate surface area is 360 Å². The summed E-state index contributed by atoms with van der Waals surface area (Å²) in [4.78, 5) is 42.1. The molecular formula is C48H36Cl2FN3O7. The van der Waals surface area contributed by atoms with Gasteiger partial charge in [-0.05, 0) is 112 Å². The van der Waals surface area contributed by atoms with E-state index in [9.17, 15) is 23.9 Å². The van der Waals surface area contributed by atoms with Crippen molar-refractivity contribution in [3.63, 3.8) is 0 Å². The lowest BCUT2D eigenvalue weighted by Crippen LogP contribution is -2.56. The first kappa shape index (κ1) is 40.9. The number of rotatable bonds is 11. The number of fused-ring (bicyclic) bond motifs is 2. The molecule has 0 radical (unpaired) electrons. The lowest BCUT2D eigenvalue weighted by molar-refractivity contribution is -0.142. The van der Waals surface area contributed by atoms with Gasteiger partial charge in [-0.1, -0.05) is 77.8 Å². The van der Waals surface area contributed by atoms with E-state index in [0.717, 1.165) is 27.8 Å². The lowest BCUT2D eigenvalue weighted by atomic mass is 9.91. The number of amides is 2. The van der Waals surface area contributed by atoms with Gasteiger partial charge in [-0.3, -0.25) is 9.59 Å². The van der Waals surface area contributed by atoms with Crippen molar-refractivity contribution in [1.29, 1.82) is 5.26 Å². The molecule has 0 fully saturated rings. The van der Waals surface area contributed by atoms with Crippen LogP contribution in [-0.4, -0.2) is 46.5 Å². The molecule has 2 N–H and O–H groups in total. The van der Waals surface area contributed by atoms with Crippen molar-refractivity contribution in [3.05, 3.63) is 182 Å². The van der Waals surface area contributed by atoms with Crippen molar-refractivity contribution in [2.24, 2.45) is 0 Å². The Kier molecular flexibility index (Phi) is 11.9.